The molecule has 0 saturated carbocycles. The predicted molar refractivity (Wildman–Crippen MR) is 352 cm³/mol. The van der Waals surface area contributed by atoms with Crippen molar-refractivity contribution in [3.05, 3.63) is 160 Å². The molecule has 0 radical (unpaired) electrons. The van der Waals surface area contributed by atoms with Gasteiger partial charge in [-0.2, -0.15) is 0 Å². The van der Waals surface area contributed by atoms with Crippen LogP contribution in [0.5, 0.6) is 5.75 Å². The second-order valence-corrected chi connectivity index (χ2v) is 25.6. The van der Waals surface area contributed by atoms with E-state index in [-0.39, 0.29) is 114 Å². The third-order valence-corrected chi connectivity index (χ3v) is 19.6. The SMILES string of the molecule is CCC(CC)(SC1CC(=O)N(CCCCCC(=O)N[C@H](C(=O)N[C@@H](CCCNC(N)=O)C(=O)Nc2ccc(COC(=O)NCc3ccc4c(c3)C(=O)c3c(O)cc5c(c3C4=O)N[C@H]3C#C/C=C\C#C[C@@H](O)[C@@]54O[C@@]34[C@@H](C)O)cc2)C(C)C)C1=O)c1ccccccccc1. The quantitative estimate of drug-likeness (QED) is 0.00881. The minimum atomic E-state index is -1.72. The number of allylic oxidation sites excluding steroid dienone is 2. The predicted octanol–water partition coefficient (Wildman–Crippen LogP) is 6.94. The van der Waals surface area contributed by atoms with Crippen LogP contribution in [0, 0.1) is 29.6 Å². The number of carbonyl (C=O) groups is 9. The van der Waals surface area contributed by atoms with E-state index in [2.05, 4.69) is 81.6 Å². The van der Waals surface area contributed by atoms with Crippen molar-refractivity contribution in [2.45, 2.75) is 157 Å². The number of imide groups is 1. The molecular formula is C71H78N8O14S. The van der Waals surface area contributed by atoms with Gasteiger partial charge in [-0.25, -0.2) is 9.59 Å². The molecule has 94 heavy (non-hydrogen) atoms. The number of hydrogen-bond donors (Lipinski definition) is 10. The standard InChI is InChI=1S/C71H78N8O14S/c1-6-69(7-2,46-23-16-11-9-8-10-12-17-24-46)94-53-39-57(84)79(66(53)89)36-21-15-20-28-56(83)78-60(42(3)4)65(88)76-51(25-22-35-73-67(72)90)64(87)75-47-32-29-44(30-33-47)41-92-68(91)74-40-45-31-34-48-49(37-45)63(86)58-52(81)38-50-61(59(58)62(48)85)77-54-26-18-13-14-19-27-55(82)71(50)70(54,93-71)43(5)80/h8-14,16-17,23-24,29-34,37-38,42-43,51,53-55,60,77,80-82H,6-7,15,20-22,25,28,35-36,39-41H2,1-5H3,(H,74,91)(H,75,87)(H,76,88)(H,78,83)(H3,72,73,90)/b9-8?,10-8?,11-9?,12-10?,14-13-,16-11?,17-12?,23-16?,24-17?,46-23?,46-24?/t43-,51+,53?,54+,55-,60+,70+,71+/m1/s1. The average molecular weight is 1300 g/mol. The zero-order valence-corrected chi connectivity index (χ0v) is 53.8. The summed E-state index contributed by atoms with van der Waals surface area (Å²) in [6.45, 7) is 9.22. The van der Waals surface area contributed by atoms with Crippen molar-refractivity contribution >= 4 is 76.4 Å². The first kappa shape index (κ1) is 68.8. The smallest absolute Gasteiger partial charge is 0.407 e. The number of fused-ring (bicyclic) bond motifs is 4. The number of primary amides is 1. The Labute approximate surface area is 549 Å². The fourth-order valence-electron chi connectivity index (χ4n) is 12.6. The first-order valence-corrected chi connectivity index (χ1v) is 32.4. The maximum absolute atomic E-state index is 14.4. The molecule has 8 amide bonds. The molecule has 2 aliphatic carbocycles. The summed E-state index contributed by atoms with van der Waals surface area (Å²) in [5.41, 5.74) is 4.17. The highest BCUT2D eigenvalue weighted by molar-refractivity contribution is 8.01. The molecule has 2 saturated heterocycles. The number of amides is 8. The topological polar surface area (TPSA) is 338 Å². The molecule has 0 aromatic heterocycles. The molecular weight excluding hydrogens is 1220 g/mol. The lowest BCUT2D eigenvalue weighted by Gasteiger charge is -2.37. The lowest BCUT2D eigenvalue weighted by atomic mass is 9.69. The number of nitrogens with two attached hydrogens (primary N) is 1. The van der Waals surface area contributed by atoms with Crippen LogP contribution in [-0.4, -0.2) is 128 Å². The third-order valence-electron chi connectivity index (χ3n) is 17.7. The van der Waals surface area contributed by atoms with Crippen molar-refractivity contribution in [1.29, 1.82) is 0 Å². The number of thioether (sulfide) groups is 1. The van der Waals surface area contributed by atoms with E-state index in [1.807, 2.05) is 42.5 Å². The van der Waals surface area contributed by atoms with Crippen LogP contribution >= 0.6 is 11.8 Å². The summed E-state index contributed by atoms with van der Waals surface area (Å²) in [5.74, 6) is 7.00. The molecule has 23 heteroatoms. The minimum absolute atomic E-state index is 0.0174. The average Bonchev–Trinajstić information content (AvgIpc) is 1.47. The Morgan fingerprint density at radius 2 is 1.48 bits per heavy atom. The summed E-state index contributed by atoms with van der Waals surface area (Å²) in [5, 5.41) is 50.2. The van der Waals surface area contributed by atoms with Gasteiger partial charge in [0.25, 0.3) is 0 Å². The summed E-state index contributed by atoms with van der Waals surface area (Å²) in [6.07, 6.45) is 2.88. The summed E-state index contributed by atoms with van der Waals surface area (Å²) >= 11 is 1.55. The summed E-state index contributed by atoms with van der Waals surface area (Å²) in [7, 11) is 0. The molecule has 3 heterocycles. The molecule has 8 atom stereocenters. The van der Waals surface area contributed by atoms with Crippen LogP contribution in [0.4, 0.5) is 21.0 Å². The number of phenols is 1. The van der Waals surface area contributed by atoms with Crippen LogP contribution in [0.1, 0.15) is 147 Å². The Hall–Kier alpha value is -9.52. The summed E-state index contributed by atoms with van der Waals surface area (Å²) in [4.78, 5) is 122. The van der Waals surface area contributed by atoms with E-state index in [1.54, 1.807) is 55.9 Å². The number of benzene rings is 3. The Morgan fingerprint density at radius 1 is 0.809 bits per heavy atom. The fraction of sp³-hybridized carbons (Fsp3) is 0.394. The number of unbranched alkanes of at least 4 members (excludes halogenated alkanes) is 2. The third kappa shape index (κ3) is 14.6. The molecule has 0 spiro atoms. The number of nitrogens with one attached hydrogen (secondary N) is 6. The number of anilines is 2. The lowest BCUT2D eigenvalue weighted by Crippen LogP contribution is -2.54. The number of ether oxygens (including phenoxy) is 2. The van der Waals surface area contributed by atoms with Crippen LogP contribution < -0.4 is 37.6 Å². The Morgan fingerprint density at radius 3 is 2.15 bits per heavy atom. The number of aliphatic hydroxyl groups is 2. The minimum Gasteiger partial charge on any atom is -0.507 e. The number of hydrogen-bond acceptors (Lipinski definition) is 16. The van der Waals surface area contributed by atoms with Crippen molar-refractivity contribution in [2.75, 3.05) is 23.7 Å². The number of ketones is 2. The van der Waals surface area contributed by atoms with E-state index in [0.717, 1.165) is 18.4 Å². The van der Waals surface area contributed by atoms with Gasteiger partial charge in [-0.15, -0.1) is 11.8 Å². The van der Waals surface area contributed by atoms with Crippen LogP contribution in [0.25, 0.3) is 0 Å². The molecule has 2 fully saturated rings. The van der Waals surface area contributed by atoms with Gasteiger partial charge in [0.15, 0.2) is 28.9 Å². The second kappa shape index (κ2) is 30.0. The molecule has 2 bridgehead atoms. The van der Waals surface area contributed by atoms with Crippen molar-refractivity contribution in [1.82, 2.24) is 26.2 Å². The number of epoxide rings is 1. The Bertz CT molecular complexity index is 3840. The highest BCUT2D eigenvalue weighted by atomic mass is 32.2. The normalized spacial score (nSPS) is 20.8. The number of likely N-dealkylation sites (tertiary alicyclic amines) is 1. The maximum Gasteiger partial charge on any atom is 0.407 e. The first-order chi connectivity index (χ1) is 45.1. The molecule has 4 aromatic carbocycles. The molecule has 492 valence electrons. The molecule has 9 rings (SSSR count). The summed E-state index contributed by atoms with van der Waals surface area (Å²) < 4.78 is 11.3. The molecule has 1 unspecified atom stereocenters. The largest absolute Gasteiger partial charge is 0.507 e. The van der Waals surface area contributed by atoms with Gasteiger partial charge in [0.1, 0.15) is 30.5 Å². The van der Waals surface area contributed by atoms with Crippen molar-refractivity contribution in [3.8, 4) is 29.4 Å². The van der Waals surface area contributed by atoms with Gasteiger partial charge >= 0.3 is 12.1 Å². The van der Waals surface area contributed by atoms with Crippen LogP contribution in [0.15, 0.2) is 115 Å². The lowest BCUT2D eigenvalue weighted by molar-refractivity contribution is -0.138. The van der Waals surface area contributed by atoms with Crippen molar-refractivity contribution in [2.24, 2.45) is 11.7 Å². The molecule has 4 aromatic rings. The molecule has 22 nitrogen and oxygen atoms in total. The number of alkyl carbamates (subject to hydrolysis) is 1. The second-order valence-electron chi connectivity index (χ2n) is 24.0. The van der Waals surface area contributed by atoms with Gasteiger partial charge in [0, 0.05) is 59.6 Å². The van der Waals surface area contributed by atoms with Crippen LogP contribution in [-0.2, 0) is 56.9 Å². The zero-order valence-electron chi connectivity index (χ0n) is 53.0. The number of carbonyl (C=O) groups excluding carboxylic acids is 9. The van der Waals surface area contributed by atoms with Gasteiger partial charge < -0.3 is 62.4 Å². The van der Waals surface area contributed by atoms with Crippen molar-refractivity contribution in [3.63, 3.8) is 0 Å². The van der Waals surface area contributed by atoms with E-state index in [9.17, 15) is 58.5 Å². The Kier molecular flexibility index (Phi) is 22.0. The van der Waals surface area contributed by atoms with Crippen LogP contribution in [0.3, 0.4) is 0 Å². The monoisotopic (exact) mass is 1300 g/mol. The fourth-order valence-corrected chi connectivity index (χ4v) is 14.2. The zero-order chi connectivity index (χ0) is 67.5. The van der Waals surface area contributed by atoms with E-state index >= 15 is 0 Å². The van der Waals surface area contributed by atoms with Gasteiger partial charge in [0.05, 0.1) is 28.2 Å². The van der Waals surface area contributed by atoms with E-state index in [1.165, 1.54) is 42.2 Å². The van der Waals surface area contributed by atoms with E-state index < -0.39 is 88.0 Å². The summed E-state index contributed by atoms with van der Waals surface area (Å²) in [6, 6.07) is 26.0. The number of rotatable bonds is 26. The molecule has 11 N–H and O–H groups in total. The van der Waals surface area contributed by atoms with Crippen molar-refractivity contribution < 1.29 is 67.9 Å². The highest BCUT2D eigenvalue weighted by Gasteiger charge is 2.82. The van der Waals surface area contributed by atoms with Gasteiger partial charge in [-0.1, -0.05) is 131 Å². The highest BCUT2D eigenvalue weighted by Crippen LogP contribution is 2.67. The number of nitrogens with zero attached hydrogens (tertiary/aromatic N) is 1. The van der Waals surface area contributed by atoms with Gasteiger partial charge in [-0.05, 0) is 111 Å². The molecule has 3 aliphatic heterocycles. The Balaban J connectivity index is 0.745. The van der Waals surface area contributed by atoms with Gasteiger partial charge in [0.2, 0.25) is 29.5 Å². The van der Waals surface area contributed by atoms with E-state index in [4.69, 9.17) is 15.2 Å². The van der Waals surface area contributed by atoms with E-state index in [0.29, 0.717) is 36.1 Å². The van der Waals surface area contributed by atoms with Crippen LogP contribution in [0.2, 0.25) is 0 Å². The first-order valence-electron chi connectivity index (χ1n) is 31.6. The maximum atomic E-state index is 14.4. The molecule has 5 aliphatic rings. The number of urea groups is 1. The number of phenolic OH excluding ortho intramolecular Hbond substituents is 1. The number of aliphatic hydroxyl groups excluding tert-OH is 2. The van der Waals surface area contributed by atoms with Gasteiger partial charge in [-0.3, -0.25) is 38.5 Å². The number of aromatic hydroxyl groups is 1.